The highest BCUT2D eigenvalue weighted by Crippen LogP contribution is 2.33. The third kappa shape index (κ3) is 4.19. The van der Waals surface area contributed by atoms with Gasteiger partial charge in [0, 0.05) is 29.2 Å². The minimum Gasteiger partial charge on any atom is -0.399 e. The summed E-state index contributed by atoms with van der Waals surface area (Å²) >= 11 is 6.39. The molecule has 9 heteroatoms. The van der Waals surface area contributed by atoms with E-state index < -0.39 is 11.2 Å². The highest BCUT2D eigenvalue weighted by Gasteiger charge is 2.29. The fourth-order valence-electron chi connectivity index (χ4n) is 4.81. The first kappa shape index (κ1) is 23.1. The zero-order valence-corrected chi connectivity index (χ0v) is 20.6. The molecule has 1 fully saturated rings. The van der Waals surface area contributed by atoms with Crippen LogP contribution >= 0.6 is 11.6 Å². The Morgan fingerprint density at radius 3 is 2.62 bits per heavy atom. The summed E-state index contributed by atoms with van der Waals surface area (Å²) in [5.74, 6) is 0.0815. The number of nitrogens with zero attached hydrogens (tertiary/aromatic N) is 2. The molecule has 0 bridgehead atoms. The van der Waals surface area contributed by atoms with E-state index in [2.05, 4.69) is 10.3 Å². The maximum atomic E-state index is 13.8. The number of aromatic amines is 1. The van der Waals surface area contributed by atoms with Crippen molar-refractivity contribution in [3.63, 3.8) is 0 Å². The van der Waals surface area contributed by atoms with Crippen LogP contribution in [0.5, 0.6) is 0 Å². The number of aromatic nitrogens is 3. The molecule has 1 saturated carbocycles. The summed E-state index contributed by atoms with van der Waals surface area (Å²) in [6.45, 7) is 0.831. The SMILES string of the molecule is Nc1cccc(Cn2c(C(=O)NCC3CC3)c(-n3c(=O)[nH]c4ccccc4c3=O)c3cc(Cl)ccc32)c1. The number of nitrogens with two attached hydrogens (primary N) is 1. The maximum Gasteiger partial charge on any atom is 0.333 e. The molecule has 186 valence electrons. The van der Waals surface area contributed by atoms with Crippen LogP contribution in [0.15, 0.2) is 76.3 Å². The van der Waals surface area contributed by atoms with Crippen molar-refractivity contribution in [3.05, 3.63) is 104 Å². The number of fused-ring (bicyclic) bond motifs is 2. The van der Waals surface area contributed by atoms with Crippen molar-refractivity contribution in [2.24, 2.45) is 5.92 Å². The predicted octanol–water partition coefficient (Wildman–Crippen LogP) is 4.06. The molecule has 0 radical (unpaired) electrons. The fourth-order valence-corrected chi connectivity index (χ4v) is 4.98. The highest BCUT2D eigenvalue weighted by molar-refractivity contribution is 6.31. The van der Waals surface area contributed by atoms with E-state index in [1.165, 1.54) is 0 Å². The van der Waals surface area contributed by atoms with Crippen molar-refractivity contribution in [3.8, 4) is 5.69 Å². The first-order valence-electron chi connectivity index (χ1n) is 12.1. The summed E-state index contributed by atoms with van der Waals surface area (Å²) in [5, 5.41) is 4.30. The summed E-state index contributed by atoms with van der Waals surface area (Å²) in [4.78, 5) is 43.6. The van der Waals surface area contributed by atoms with Gasteiger partial charge in [0.25, 0.3) is 11.5 Å². The Morgan fingerprint density at radius 1 is 1.03 bits per heavy atom. The number of hydrogen-bond acceptors (Lipinski definition) is 4. The number of halogens is 1. The number of carbonyl (C=O) groups excluding carboxylic acids is 1. The lowest BCUT2D eigenvalue weighted by Gasteiger charge is -2.14. The van der Waals surface area contributed by atoms with E-state index in [9.17, 15) is 14.4 Å². The van der Waals surface area contributed by atoms with Gasteiger partial charge >= 0.3 is 5.69 Å². The van der Waals surface area contributed by atoms with Crippen LogP contribution in [0.3, 0.4) is 0 Å². The van der Waals surface area contributed by atoms with Crippen molar-refractivity contribution in [1.82, 2.24) is 19.4 Å². The number of para-hydroxylation sites is 1. The van der Waals surface area contributed by atoms with Gasteiger partial charge in [-0.25, -0.2) is 9.36 Å². The number of hydrogen-bond donors (Lipinski definition) is 3. The van der Waals surface area contributed by atoms with Crippen LogP contribution in [0.2, 0.25) is 5.02 Å². The van der Waals surface area contributed by atoms with Crippen LogP contribution in [-0.2, 0) is 6.54 Å². The van der Waals surface area contributed by atoms with E-state index in [1.54, 1.807) is 48.5 Å². The van der Waals surface area contributed by atoms with Crippen LogP contribution in [-0.4, -0.2) is 26.6 Å². The van der Waals surface area contributed by atoms with Gasteiger partial charge in [-0.1, -0.05) is 35.9 Å². The lowest BCUT2D eigenvalue weighted by atomic mass is 10.2. The number of benzene rings is 3. The summed E-state index contributed by atoms with van der Waals surface area (Å²) < 4.78 is 2.86. The molecule has 37 heavy (non-hydrogen) atoms. The number of amides is 1. The minimum atomic E-state index is -0.636. The van der Waals surface area contributed by atoms with Gasteiger partial charge in [-0.3, -0.25) is 9.59 Å². The largest absolute Gasteiger partial charge is 0.399 e. The van der Waals surface area contributed by atoms with Crippen LogP contribution in [0.4, 0.5) is 5.69 Å². The van der Waals surface area contributed by atoms with Gasteiger partial charge in [-0.2, -0.15) is 0 Å². The Balaban J connectivity index is 1.67. The number of H-pyrrole nitrogens is 1. The van der Waals surface area contributed by atoms with Crippen LogP contribution in [0.1, 0.15) is 28.9 Å². The van der Waals surface area contributed by atoms with Crippen LogP contribution in [0.25, 0.3) is 27.5 Å². The smallest absolute Gasteiger partial charge is 0.333 e. The molecule has 2 aromatic heterocycles. The average molecular weight is 514 g/mol. The Morgan fingerprint density at radius 2 is 1.84 bits per heavy atom. The Bertz CT molecular complexity index is 1810. The molecule has 1 amide bonds. The zero-order valence-electron chi connectivity index (χ0n) is 19.8. The van der Waals surface area contributed by atoms with Crippen LogP contribution in [0, 0.1) is 5.92 Å². The number of nitrogens with one attached hydrogen (secondary N) is 2. The van der Waals surface area contributed by atoms with E-state index in [0.717, 1.165) is 23.0 Å². The maximum absolute atomic E-state index is 13.8. The topological polar surface area (TPSA) is 115 Å². The Labute approximate surface area is 216 Å². The lowest BCUT2D eigenvalue weighted by Crippen LogP contribution is -2.36. The second-order valence-corrected chi connectivity index (χ2v) is 9.90. The lowest BCUT2D eigenvalue weighted by molar-refractivity contribution is 0.0943. The van der Waals surface area contributed by atoms with Gasteiger partial charge in [0.1, 0.15) is 5.69 Å². The number of rotatable bonds is 6. The molecule has 2 heterocycles. The molecule has 0 saturated heterocycles. The second-order valence-electron chi connectivity index (χ2n) is 9.46. The molecule has 1 aliphatic rings. The highest BCUT2D eigenvalue weighted by atomic mass is 35.5. The van der Waals surface area contributed by atoms with E-state index in [1.807, 2.05) is 22.8 Å². The third-order valence-corrected chi connectivity index (χ3v) is 7.02. The van der Waals surface area contributed by atoms with Crippen molar-refractivity contribution < 1.29 is 4.79 Å². The summed E-state index contributed by atoms with van der Waals surface area (Å²) in [7, 11) is 0. The number of nitrogen functional groups attached to an aromatic ring is 1. The normalized spacial score (nSPS) is 13.3. The Kier molecular flexibility index (Phi) is 5.61. The third-order valence-electron chi connectivity index (χ3n) is 6.78. The fraction of sp³-hybridized carbons (Fsp3) is 0.179. The summed E-state index contributed by atoms with van der Waals surface area (Å²) in [6, 6.07) is 19.4. The molecular weight excluding hydrogens is 490 g/mol. The molecule has 3 aromatic carbocycles. The molecule has 6 rings (SSSR count). The Hall–Kier alpha value is -4.30. The van der Waals surface area contributed by atoms with E-state index in [4.69, 9.17) is 17.3 Å². The van der Waals surface area contributed by atoms with E-state index >= 15 is 0 Å². The van der Waals surface area contributed by atoms with Crippen molar-refractivity contribution in [2.75, 3.05) is 12.3 Å². The van der Waals surface area contributed by atoms with Gasteiger partial charge in [-0.15, -0.1) is 0 Å². The van der Waals surface area contributed by atoms with Gasteiger partial charge in [-0.05, 0) is 66.8 Å². The molecule has 0 spiro atoms. The number of anilines is 1. The van der Waals surface area contributed by atoms with Crippen molar-refractivity contribution >= 4 is 45.0 Å². The molecule has 5 aromatic rings. The quantitative estimate of drug-likeness (QED) is 0.297. The molecule has 0 atom stereocenters. The first-order chi connectivity index (χ1) is 17.9. The van der Waals surface area contributed by atoms with Gasteiger partial charge in [0.2, 0.25) is 0 Å². The van der Waals surface area contributed by atoms with Gasteiger partial charge < -0.3 is 20.6 Å². The first-order valence-corrected chi connectivity index (χ1v) is 12.5. The molecule has 8 nitrogen and oxygen atoms in total. The monoisotopic (exact) mass is 513 g/mol. The number of carbonyl (C=O) groups is 1. The summed E-state index contributed by atoms with van der Waals surface area (Å²) in [5.41, 5.74) is 7.84. The molecular formula is C28H24ClN5O3. The predicted molar refractivity (Wildman–Crippen MR) is 146 cm³/mol. The van der Waals surface area contributed by atoms with Crippen molar-refractivity contribution in [2.45, 2.75) is 19.4 Å². The van der Waals surface area contributed by atoms with Gasteiger partial charge in [0.05, 0.1) is 22.1 Å². The van der Waals surface area contributed by atoms with E-state index in [0.29, 0.717) is 51.5 Å². The molecule has 0 unspecified atom stereocenters. The van der Waals surface area contributed by atoms with Crippen molar-refractivity contribution in [1.29, 1.82) is 0 Å². The van der Waals surface area contributed by atoms with Crippen LogP contribution < -0.4 is 22.3 Å². The standard InChI is InChI=1S/C28H24ClN5O3/c29-18-10-11-23-21(13-18)24(34-27(36)20-6-1-2-7-22(20)32-28(34)37)25(26(35)31-14-16-8-9-16)33(23)15-17-4-3-5-19(30)12-17/h1-7,10-13,16H,8-9,14-15,30H2,(H,31,35)(H,32,37). The second kappa shape index (κ2) is 8.97. The summed E-state index contributed by atoms with van der Waals surface area (Å²) in [6.07, 6.45) is 2.14. The minimum absolute atomic E-state index is 0.201. The molecule has 4 N–H and O–H groups in total. The van der Waals surface area contributed by atoms with E-state index in [-0.39, 0.29) is 17.3 Å². The molecule has 0 aliphatic heterocycles. The zero-order chi connectivity index (χ0) is 25.7. The van der Waals surface area contributed by atoms with Gasteiger partial charge in [0.15, 0.2) is 0 Å². The molecule has 1 aliphatic carbocycles. The average Bonchev–Trinajstić information content (AvgIpc) is 3.66.